The second kappa shape index (κ2) is 7.00. The lowest BCUT2D eigenvalue weighted by Crippen LogP contribution is -2.71. The van der Waals surface area contributed by atoms with Crippen molar-refractivity contribution in [1.82, 2.24) is 34.3 Å². The van der Waals surface area contributed by atoms with Crippen LogP contribution in [0.15, 0.2) is 12.4 Å². The molecule has 35 heavy (non-hydrogen) atoms. The Morgan fingerprint density at radius 2 is 1.66 bits per heavy atom. The summed E-state index contributed by atoms with van der Waals surface area (Å²) in [4.78, 5) is 21.2. The Kier molecular flexibility index (Phi) is 4.34. The van der Waals surface area contributed by atoms with Crippen LogP contribution in [0.4, 0.5) is 18.0 Å². The van der Waals surface area contributed by atoms with E-state index in [-0.39, 0.29) is 22.8 Å². The molecule has 11 heteroatoms. The Hall–Kier alpha value is -2.59. The highest BCUT2D eigenvalue weighted by molar-refractivity contribution is 5.77. The Labute approximate surface area is 201 Å². The molecule has 0 unspecified atom stereocenters. The van der Waals surface area contributed by atoms with E-state index in [2.05, 4.69) is 15.2 Å². The molecule has 5 aliphatic rings. The maximum Gasteiger partial charge on any atom is 0.433 e. The summed E-state index contributed by atoms with van der Waals surface area (Å²) in [5.41, 5.74) is 0.0608. The Morgan fingerprint density at radius 3 is 2.26 bits per heavy atom. The number of urea groups is 1. The van der Waals surface area contributed by atoms with Gasteiger partial charge in [-0.15, -0.1) is 0 Å². The first-order valence-electron chi connectivity index (χ1n) is 12.7. The number of carbonyl (C=O) groups excluding carboxylic acids is 1. The zero-order valence-corrected chi connectivity index (χ0v) is 19.8. The molecule has 2 aromatic rings. The molecule has 2 saturated heterocycles. The average molecular weight is 490 g/mol. The van der Waals surface area contributed by atoms with Crippen LogP contribution in [-0.4, -0.2) is 66.6 Å². The van der Waals surface area contributed by atoms with Gasteiger partial charge in [0.05, 0.1) is 11.7 Å². The Bertz CT molecular complexity index is 1150. The van der Waals surface area contributed by atoms with E-state index in [0.29, 0.717) is 24.2 Å². The fourth-order valence-corrected chi connectivity index (χ4v) is 7.08. The number of amides is 2. The number of alkyl halides is 3. The molecular formula is C24H30F3N7O. The number of rotatable bonds is 4. The van der Waals surface area contributed by atoms with Gasteiger partial charge >= 0.3 is 12.2 Å². The second-order valence-corrected chi connectivity index (χ2v) is 12.0. The van der Waals surface area contributed by atoms with Crippen LogP contribution < -0.4 is 0 Å². The molecule has 7 rings (SSSR count). The van der Waals surface area contributed by atoms with Crippen molar-refractivity contribution in [3.8, 4) is 0 Å². The molecule has 2 spiro atoms. The predicted molar refractivity (Wildman–Crippen MR) is 118 cm³/mol. The van der Waals surface area contributed by atoms with Crippen molar-refractivity contribution < 1.29 is 18.0 Å². The number of hydrogen-bond donors (Lipinski definition) is 0. The number of hydrogen-bond acceptors (Lipinski definition) is 4. The number of likely N-dealkylation sites (tertiary alicyclic amines) is 2. The van der Waals surface area contributed by atoms with E-state index in [4.69, 9.17) is 0 Å². The van der Waals surface area contributed by atoms with Crippen molar-refractivity contribution in [3.05, 3.63) is 29.6 Å². The van der Waals surface area contributed by atoms with Gasteiger partial charge in [0.1, 0.15) is 12.0 Å². The largest absolute Gasteiger partial charge is 0.433 e. The van der Waals surface area contributed by atoms with Crippen molar-refractivity contribution in [2.75, 3.05) is 26.2 Å². The Balaban J connectivity index is 0.862. The maximum atomic E-state index is 13.2. The average Bonchev–Trinajstić information content (AvgIpc) is 3.28. The van der Waals surface area contributed by atoms with Gasteiger partial charge in [-0.25, -0.2) is 14.5 Å². The smallest absolute Gasteiger partial charge is 0.323 e. The fourth-order valence-electron chi connectivity index (χ4n) is 7.08. The second-order valence-electron chi connectivity index (χ2n) is 12.0. The third-order valence-corrected chi connectivity index (χ3v) is 8.89. The topological polar surface area (TPSA) is 72.1 Å². The van der Waals surface area contributed by atoms with Gasteiger partial charge < -0.3 is 9.80 Å². The molecule has 3 saturated carbocycles. The minimum absolute atomic E-state index is 0.0946. The first kappa shape index (κ1) is 21.7. The fraction of sp³-hybridized carbons (Fsp3) is 0.750. The maximum absolute atomic E-state index is 13.2. The van der Waals surface area contributed by atoms with E-state index in [9.17, 15) is 18.0 Å². The van der Waals surface area contributed by atoms with Gasteiger partial charge in [-0.2, -0.15) is 23.4 Å². The van der Waals surface area contributed by atoms with Crippen LogP contribution in [0.2, 0.25) is 0 Å². The molecule has 3 aliphatic carbocycles. The summed E-state index contributed by atoms with van der Waals surface area (Å²) in [7, 11) is 0. The molecule has 4 heterocycles. The number of nitrogens with zero attached hydrogens (tertiary/aromatic N) is 7. The van der Waals surface area contributed by atoms with Gasteiger partial charge in [-0.1, -0.05) is 0 Å². The third kappa shape index (κ3) is 3.56. The van der Waals surface area contributed by atoms with Crippen molar-refractivity contribution in [2.45, 2.75) is 70.1 Å². The summed E-state index contributed by atoms with van der Waals surface area (Å²) < 4.78 is 42.8. The van der Waals surface area contributed by atoms with Gasteiger partial charge in [0.25, 0.3) is 0 Å². The van der Waals surface area contributed by atoms with Crippen LogP contribution in [0.5, 0.6) is 0 Å². The van der Waals surface area contributed by atoms with E-state index in [0.717, 1.165) is 68.4 Å². The summed E-state index contributed by atoms with van der Waals surface area (Å²) in [5.74, 6) is 1.74. The van der Waals surface area contributed by atoms with E-state index in [1.54, 1.807) is 6.92 Å². The van der Waals surface area contributed by atoms with Crippen molar-refractivity contribution >= 4 is 6.03 Å². The molecule has 2 aromatic heterocycles. The molecule has 188 valence electrons. The van der Waals surface area contributed by atoms with E-state index in [1.807, 2.05) is 20.8 Å². The first-order valence-corrected chi connectivity index (χ1v) is 12.7. The van der Waals surface area contributed by atoms with Crippen LogP contribution >= 0.6 is 0 Å². The monoisotopic (exact) mass is 489 g/mol. The summed E-state index contributed by atoms with van der Waals surface area (Å²) in [6, 6.07) is 1.63. The number of aromatic nitrogens is 5. The SMILES string of the molecule is Cc1cc(C(F)(F)F)n(CC2CC3(C2)CN(C(=O)N2CC4(CC(n5cnc(C6CC6)n5)C4)C2)C3)n1. The van der Waals surface area contributed by atoms with Crippen LogP contribution in [0.1, 0.15) is 67.7 Å². The van der Waals surface area contributed by atoms with Gasteiger partial charge in [0.2, 0.25) is 0 Å². The number of halogens is 3. The normalized spacial score (nSPS) is 25.4. The van der Waals surface area contributed by atoms with E-state index in [1.165, 1.54) is 12.8 Å². The van der Waals surface area contributed by atoms with E-state index >= 15 is 0 Å². The first-order chi connectivity index (χ1) is 16.6. The summed E-state index contributed by atoms with van der Waals surface area (Å²) in [6.45, 7) is 4.97. The van der Waals surface area contributed by atoms with Gasteiger partial charge in [0, 0.05) is 49.5 Å². The third-order valence-electron chi connectivity index (χ3n) is 8.89. The van der Waals surface area contributed by atoms with E-state index < -0.39 is 11.9 Å². The molecule has 0 bridgehead atoms. The molecule has 5 fully saturated rings. The molecule has 2 aliphatic heterocycles. The van der Waals surface area contributed by atoms with Gasteiger partial charge in [-0.05, 0) is 57.4 Å². The highest BCUT2D eigenvalue weighted by Gasteiger charge is 2.58. The highest BCUT2D eigenvalue weighted by Crippen LogP contribution is 2.56. The van der Waals surface area contributed by atoms with Crippen molar-refractivity contribution in [2.24, 2.45) is 16.7 Å². The van der Waals surface area contributed by atoms with Gasteiger partial charge in [0.15, 0.2) is 5.82 Å². The van der Waals surface area contributed by atoms with Crippen LogP contribution in [0.25, 0.3) is 0 Å². The molecule has 0 aromatic carbocycles. The minimum atomic E-state index is -4.38. The zero-order valence-electron chi connectivity index (χ0n) is 19.8. The van der Waals surface area contributed by atoms with Gasteiger partial charge in [-0.3, -0.25) is 4.68 Å². The standard InChI is InChI=1S/C24H30F3N7O/c1-15-4-19(24(25,26)27)33(29-15)9-16-5-22(6-16)10-31(11-22)21(35)32-12-23(13-32)7-18(8-23)34-14-28-20(30-34)17-2-3-17/h4,14,16-18H,2-3,5-13H2,1H3. The quantitative estimate of drug-likeness (QED) is 0.654. The Morgan fingerprint density at radius 1 is 1.03 bits per heavy atom. The van der Waals surface area contributed by atoms with Crippen LogP contribution in [-0.2, 0) is 12.7 Å². The highest BCUT2D eigenvalue weighted by atomic mass is 19.4. The number of carbonyl (C=O) groups is 1. The minimum Gasteiger partial charge on any atom is -0.323 e. The predicted octanol–water partition coefficient (Wildman–Crippen LogP) is 3.85. The number of aryl methyl sites for hydroxylation is 1. The van der Waals surface area contributed by atoms with Crippen LogP contribution in [0, 0.1) is 23.7 Å². The molecule has 0 atom stereocenters. The molecule has 0 radical (unpaired) electrons. The summed E-state index contributed by atoms with van der Waals surface area (Å²) in [5, 5.41) is 8.72. The van der Waals surface area contributed by atoms with Crippen molar-refractivity contribution in [1.29, 1.82) is 0 Å². The lowest BCUT2D eigenvalue weighted by molar-refractivity contribution is -0.146. The molecule has 2 amide bonds. The van der Waals surface area contributed by atoms with Crippen LogP contribution in [0.3, 0.4) is 0 Å². The summed E-state index contributed by atoms with van der Waals surface area (Å²) in [6.07, 6.45) is 3.74. The lowest BCUT2D eigenvalue weighted by atomic mass is 9.57. The van der Waals surface area contributed by atoms with Crippen molar-refractivity contribution in [3.63, 3.8) is 0 Å². The summed E-state index contributed by atoms with van der Waals surface area (Å²) >= 11 is 0. The molecule has 8 nitrogen and oxygen atoms in total. The lowest BCUT2D eigenvalue weighted by Gasteiger charge is -2.63. The zero-order chi connectivity index (χ0) is 24.2. The molecule has 0 N–H and O–H groups in total. The molecular weight excluding hydrogens is 459 g/mol.